The summed E-state index contributed by atoms with van der Waals surface area (Å²) in [5, 5.41) is 8.70. The average molecular weight is 289 g/mol. The van der Waals surface area contributed by atoms with Gasteiger partial charge < -0.3 is 4.74 Å². The number of nitriles is 1. The first-order chi connectivity index (χ1) is 8.28. The van der Waals surface area contributed by atoms with E-state index in [0.717, 1.165) is 10.0 Å². The Morgan fingerprint density at radius 3 is 2.65 bits per heavy atom. The Morgan fingerprint density at radius 1 is 1.18 bits per heavy atom. The summed E-state index contributed by atoms with van der Waals surface area (Å²) in [7, 11) is 0. The van der Waals surface area contributed by atoms with Crippen molar-refractivity contribution in [2.75, 3.05) is 0 Å². The first-order valence-corrected chi connectivity index (χ1v) is 5.81. The van der Waals surface area contributed by atoms with Crippen LogP contribution in [0.25, 0.3) is 0 Å². The van der Waals surface area contributed by atoms with Gasteiger partial charge in [-0.15, -0.1) is 0 Å². The van der Waals surface area contributed by atoms with Crippen LogP contribution in [0.5, 0.6) is 5.88 Å². The predicted molar refractivity (Wildman–Crippen MR) is 67.4 cm³/mol. The van der Waals surface area contributed by atoms with E-state index in [-0.39, 0.29) is 0 Å². The van der Waals surface area contributed by atoms with Crippen LogP contribution >= 0.6 is 15.9 Å². The molecule has 0 radical (unpaired) electrons. The molecule has 1 heterocycles. The van der Waals surface area contributed by atoms with Gasteiger partial charge in [-0.05, 0) is 23.8 Å². The standard InChI is InChI=1S/C13H9BrN2O/c14-11-6-4-10(5-7-11)9-17-13-3-1-2-12(8-15)16-13/h1-7H,9H2. The fraction of sp³-hybridized carbons (Fsp3) is 0.0769. The molecule has 0 fully saturated rings. The molecule has 4 heteroatoms. The van der Waals surface area contributed by atoms with Gasteiger partial charge in [0.25, 0.3) is 0 Å². The van der Waals surface area contributed by atoms with Crippen LogP contribution in [0.1, 0.15) is 11.3 Å². The molecular formula is C13H9BrN2O. The van der Waals surface area contributed by atoms with Crippen molar-refractivity contribution in [3.8, 4) is 11.9 Å². The molecule has 17 heavy (non-hydrogen) atoms. The SMILES string of the molecule is N#Cc1cccc(OCc2ccc(Br)cc2)n1. The molecule has 0 aliphatic carbocycles. The minimum absolute atomic E-state index is 0.360. The lowest BCUT2D eigenvalue weighted by Crippen LogP contribution is -1.97. The molecule has 0 amide bonds. The van der Waals surface area contributed by atoms with Gasteiger partial charge in [0.1, 0.15) is 18.4 Å². The molecular weight excluding hydrogens is 280 g/mol. The summed E-state index contributed by atoms with van der Waals surface area (Å²) >= 11 is 3.37. The van der Waals surface area contributed by atoms with Crippen molar-refractivity contribution in [3.05, 3.63) is 58.2 Å². The van der Waals surface area contributed by atoms with E-state index >= 15 is 0 Å². The Morgan fingerprint density at radius 2 is 1.94 bits per heavy atom. The van der Waals surface area contributed by atoms with Gasteiger partial charge >= 0.3 is 0 Å². The monoisotopic (exact) mass is 288 g/mol. The molecule has 0 unspecified atom stereocenters. The highest BCUT2D eigenvalue weighted by molar-refractivity contribution is 9.10. The third-order valence-corrected chi connectivity index (χ3v) is 2.67. The quantitative estimate of drug-likeness (QED) is 0.871. The summed E-state index contributed by atoms with van der Waals surface area (Å²) in [5.41, 5.74) is 1.41. The zero-order valence-corrected chi connectivity index (χ0v) is 10.5. The largest absolute Gasteiger partial charge is 0.473 e. The van der Waals surface area contributed by atoms with E-state index in [9.17, 15) is 0 Å². The van der Waals surface area contributed by atoms with Crippen LogP contribution in [-0.4, -0.2) is 4.98 Å². The minimum atomic E-state index is 0.360. The molecule has 0 saturated heterocycles. The van der Waals surface area contributed by atoms with Crippen molar-refractivity contribution in [2.24, 2.45) is 0 Å². The number of ether oxygens (including phenoxy) is 1. The zero-order chi connectivity index (χ0) is 12.1. The second-order valence-electron chi connectivity index (χ2n) is 3.39. The lowest BCUT2D eigenvalue weighted by molar-refractivity contribution is 0.293. The molecule has 3 nitrogen and oxygen atoms in total. The van der Waals surface area contributed by atoms with Gasteiger partial charge in [0.15, 0.2) is 0 Å². The van der Waals surface area contributed by atoms with E-state index in [4.69, 9.17) is 10.00 Å². The van der Waals surface area contributed by atoms with Gasteiger partial charge in [-0.1, -0.05) is 34.1 Å². The Labute approximate surface area is 108 Å². The first-order valence-electron chi connectivity index (χ1n) is 5.02. The Kier molecular flexibility index (Phi) is 3.73. The number of benzene rings is 1. The molecule has 0 aliphatic heterocycles. The molecule has 1 aromatic carbocycles. The molecule has 2 aromatic rings. The summed E-state index contributed by atoms with van der Waals surface area (Å²) < 4.78 is 6.53. The smallest absolute Gasteiger partial charge is 0.214 e. The van der Waals surface area contributed by atoms with E-state index < -0.39 is 0 Å². The van der Waals surface area contributed by atoms with Crippen LogP contribution in [0.15, 0.2) is 46.9 Å². The average Bonchev–Trinajstić information content (AvgIpc) is 2.38. The number of nitrogens with zero attached hydrogens (tertiary/aromatic N) is 2. The first kappa shape index (κ1) is 11.6. The Balaban J connectivity index is 2.02. The second-order valence-corrected chi connectivity index (χ2v) is 4.30. The molecule has 0 aliphatic rings. The fourth-order valence-corrected chi connectivity index (χ4v) is 1.56. The molecule has 0 spiro atoms. The number of halogens is 1. The lowest BCUT2D eigenvalue weighted by atomic mass is 10.2. The molecule has 84 valence electrons. The number of pyridine rings is 1. The van der Waals surface area contributed by atoms with E-state index in [1.54, 1.807) is 18.2 Å². The molecule has 0 saturated carbocycles. The number of hydrogen-bond acceptors (Lipinski definition) is 3. The highest BCUT2D eigenvalue weighted by Crippen LogP contribution is 2.13. The summed E-state index contributed by atoms with van der Waals surface area (Å²) in [4.78, 5) is 4.03. The number of hydrogen-bond donors (Lipinski definition) is 0. The molecule has 1 aromatic heterocycles. The second kappa shape index (κ2) is 5.46. The lowest BCUT2D eigenvalue weighted by Gasteiger charge is -2.05. The maximum absolute atomic E-state index is 8.70. The molecule has 2 rings (SSSR count). The van der Waals surface area contributed by atoms with Crippen LogP contribution < -0.4 is 4.74 Å². The fourth-order valence-electron chi connectivity index (χ4n) is 1.30. The Hall–Kier alpha value is -1.86. The van der Waals surface area contributed by atoms with E-state index in [1.165, 1.54) is 0 Å². The molecule has 0 bridgehead atoms. The van der Waals surface area contributed by atoms with Crippen LogP contribution in [-0.2, 0) is 6.61 Å². The van der Waals surface area contributed by atoms with Gasteiger partial charge in [0.2, 0.25) is 5.88 Å². The third kappa shape index (κ3) is 3.30. The highest BCUT2D eigenvalue weighted by Gasteiger charge is 1.99. The van der Waals surface area contributed by atoms with Gasteiger partial charge in [0.05, 0.1) is 0 Å². The number of rotatable bonds is 3. The van der Waals surface area contributed by atoms with Gasteiger partial charge in [-0.2, -0.15) is 5.26 Å². The van der Waals surface area contributed by atoms with Crippen molar-refractivity contribution < 1.29 is 4.74 Å². The van der Waals surface area contributed by atoms with Crippen LogP contribution in [0, 0.1) is 11.3 Å². The van der Waals surface area contributed by atoms with Crippen LogP contribution in [0.3, 0.4) is 0 Å². The van der Waals surface area contributed by atoms with E-state index in [1.807, 2.05) is 30.3 Å². The van der Waals surface area contributed by atoms with Crippen molar-refractivity contribution in [2.45, 2.75) is 6.61 Å². The normalized spacial score (nSPS) is 9.65. The topological polar surface area (TPSA) is 45.9 Å². The summed E-state index contributed by atoms with van der Waals surface area (Å²) in [6, 6.07) is 15.0. The maximum Gasteiger partial charge on any atom is 0.214 e. The van der Waals surface area contributed by atoms with Crippen LogP contribution in [0.4, 0.5) is 0 Å². The van der Waals surface area contributed by atoms with Crippen molar-refractivity contribution in [1.82, 2.24) is 4.98 Å². The van der Waals surface area contributed by atoms with Gasteiger partial charge in [-0.3, -0.25) is 0 Å². The molecule has 0 atom stereocenters. The van der Waals surface area contributed by atoms with Gasteiger partial charge in [0, 0.05) is 10.5 Å². The predicted octanol–water partition coefficient (Wildman–Crippen LogP) is 3.29. The summed E-state index contributed by atoms with van der Waals surface area (Å²) in [6.07, 6.45) is 0. The van der Waals surface area contributed by atoms with Crippen molar-refractivity contribution in [1.29, 1.82) is 5.26 Å². The van der Waals surface area contributed by atoms with E-state index in [2.05, 4.69) is 20.9 Å². The Bertz CT molecular complexity index is 546. The highest BCUT2D eigenvalue weighted by atomic mass is 79.9. The summed E-state index contributed by atoms with van der Waals surface area (Å²) in [5.74, 6) is 0.465. The number of aromatic nitrogens is 1. The third-order valence-electron chi connectivity index (χ3n) is 2.14. The van der Waals surface area contributed by atoms with Crippen LogP contribution in [0.2, 0.25) is 0 Å². The molecule has 0 N–H and O–H groups in total. The maximum atomic E-state index is 8.70. The summed E-state index contributed by atoms with van der Waals surface area (Å²) in [6.45, 7) is 0.440. The van der Waals surface area contributed by atoms with E-state index in [0.29, 0.717) is 18.2 Å². The van der Waals surface area contributed by atoms with Crippen molar-refractivity contribution >= 4 is 15.9 Å². The van der Waals surface area contributed by atoms with Gasteiger partial charge in [-0.25, -0.2) is 4.98 Å². The van der Waals surface area contributed by atoms with Crippen molar-refractivity contribution in [3.63, 3.8) is 0 Å². The minimum Gasteiger partial charge on any atom is -0.473 e. The zero-order valence-electron chi connectivity index (χ0n) is 8.93.